The second-order valence-corrected chi connectivity index (χ2v) is 4.85. The summed E-state index contributed by atoms with van der Waals surface area (Å²) in [6.07, 6.45) is 1.99. The van der Waals surface area contributed by atoms with Gasteiger partial charge < -0.3 is 5.73 Å². The Hall–Kier alpha value is -2.62. The van der Waals surface area contributed by atoms with Crippen molar-refractivity contribution in [2.45, 2.75) is 12.8 Å². The van der Waals surface area contributed by atoms with Crippen LogP contribution >= 0.6 is 0 Å². The molecular weight excluding hydrogens is 250 g/mol. The minimum Gasteiger partial charge on any atom is -0.369 e. The molecule has 0 spiro atoms. The Morgan fingerprint density at radius 1 is 1.15 bits per heavy atom. The molecule has 3 aromatic rings. The fourth-order valence-corrected chi connectivity index (χ4v) is 2.18. The van der Waals surface area contributed by atoms with Crippen LogP contribution in [0.15, 0.2) is 54.7 Å². The minimum atomic E-state index is -0.317. The summed E-state index contributed by atoms with van der Waals surface area (Å²) in [5.74, 6) is -0.594. The summed E-state index contributed by atoms with van der Waals surface area (Å²) in [6.45, 7) is 1.81. The third-order valence-corrected chi connectivity index (χ3v) is 3.50. The molecule has 0 bridgehead atoms. The van der Waals surface area contributed by atoms with Crippen molar-refractivity contribution in [2.24, 2.45) is 5.73 Å². The van der Waals surface area contributed by atoms with Crippen LogP contribution < -0.4 is 5.73 Å². The van der Waals surface area contributed by atoms with Gasteiger partial charge in [-0.15, -0.1) is 0 Å². The van der Waals surface area contributed by atoms with Crippen LogP contribution in [0.5, 0.6) is 0 Å². The van der Waals surface area contributed by atoms with Gasteiger partial charge in [-0.3, -0.25) is 4.79 Å². The van der Waals surface area contributed by atoms with E-state index in [9.17, 15) is 4.79 Å². The minimum absolute atomic E-state index is 0.277. The van der Waals surface area contributed by atoms with E-state index in [4.69, 9.17) is 5.73 Å². The van der Waals surface area contributed by atoms with Gasteiger partial charge in [0.25, 0.3) is 0 Å². The number of nitrogens with zero attached hydrogens (tertiary/aromatic N) is 2. The Kier molecular flexibility index (Phi) is 2.99. The van der Waals surface area contributed by atoms with E-state index in [1.807, 2.05) is 59.4 Å². The molecule has 0 saturated heterocycles. The van der Waals surface area contributed by atoms with Crippen molar-refractivity contribution in [3.8, 4) is 5.69 Å². The first-order valence-corrected chi connectivity index (χ1v) is 6.49. The molecule has 1 unspecified atom stereocenters. The number of hydrogen-bond donors (Lipinski definition) is 1. The molecule has 0 radical (unpaired) electrons. The lowest BCUT2D eigenvalue weighted by atomic mass is 10.0. The number of fused-ring (bicyclic) bond motifs is 1. The van der Waals surface area contributed by atoms with E-state index in [-0.39, 0.29) is 11.8 Å². The van der Waals surface area contributed by atoms with Gasteiger partial charge in [0.05, 0.1) is 17.1 Å². The molecule has 4 nitrogen and oxygen atoms in total. The number of hydrogen-bond acceptors (Lipinski definition) is 2. The van der Waals surface area contributed by atoms with Crippen molar-refractivity contribution >= 4 is 16.8 Å². The maximum atomic E-state index is 11.2. The van der Waals surface area contributed by atoms with Crippen LogP contribution in [0.3, 0.4) is 0 Å². The molecule has 3 rings (SSSR count). The van der Waals surface area contributed by atoms with Crippen molar-refractivity contribution in [1.82, 2.24) is 9.78 Å². The molecule has 0 aliphatic heterocycles. The summed E-state index contributed by atoms with van der Waals surface area (Å²) in [5, 5.41) is 5.62. The van der Waals surface area contributed by atoms with Crippen molar-refractivity contribution < 1.29 is 4.79 Å². The average Bonchev–Trinajstić information content (AvgIpc) is 2.90. The van der Waals surface area contributed by atoms with E-state index in [1.54, 1.807) is 6.92 Å². The fraction of sp³-hybridized carbons (Fsp3) is 0.125. The normalized spacial score (nSPS) is 12.4. The molecular formula is C16H15N3O. The fourth-order valence-electron chi connectivity index (χ4n) is 2.18. The van der Waals surface area contributed by atoms with E-state index >= 15 is 0 Å². The molecule has 4 heteroatoms. The van der Waals surface area contributed by atoms with Gasteiger partial charge in [0.15, 0.2) is 0 Å². The highest BCUT2D eigenvalue weighted by molar-refractivity contribution is 5.81. The number of benzene rings is 2. The molecule has 1 atom stereocenters. The maximum Gasteiger partial charge on any atom is 0.224 e. The van der Waals surface area contributed by atoms with Crippen molar-refractivity contribution in [3.63, 3.8) is 0 Å². The van der Waals surface area contributed by atoms with E-state index in [0.29, 0.717) is 0 Å². The third-order valence-electron chi connectivity index (χ3n) is 3.50. The van der Waals surface area contributed by atoms with Gasteiger partial charge in [0.1, 0.15) is 0 Å². The summed E-state index contributed by atoms with van der Waals surface area (Å²) in [5.41, 5.74) is 8.15. The third kappa shape index (κ3) is 2.16. The summed E-state index contributed by atoms with van der Waals surface area (Å²) >= 11 is 0. The largest absolute Gasteiger partial charge is 0.369 e. The van der Waals surface area contributed by atoms with Gasteiger partial charge in [0.2, 0.25) is 5.91 Å². The summed E-state index contributed by atoms with van der Waals surface area (Å²) in [4.78, 5) is 11.2. The van der Waals surface area contributed by atoms with Gasteiger partial charge in [-0.05, 0) is 30.7 Å². The number of rotatable bonds is 3. The number of amides is 1. The first kappa shape index (κ1) is 12.4. The monoisotopic (exact) mass is 265 g/mol. The molecule has 0 saturated carbocycles. The molecule has 100 valence electrons. The predicted octanol–water partition coefficient (Wildman–Crippen LogP) is 2.61. The van der Waals surface area contributed by atoms with Crippen LogP contribution in [0.1, 0.15) is 18.4 Å². The van der Waals surface area contributed by atoms with Crippen molar-refractivity contribution in [3.05, 3.63) is 60.3 Å². The second kappa shape index (κ2) is 4.81. The molecule has 2 N–H and O–H groups in total. The Labute approximate surface area is 116 Å². The van der Waals surface area contributed by atoms with E-state index in [0.717, 1.165) is 22.2 Å². The Balaban J connectivity index is 1.96. The molecule has 1 amide bonds. The zero-order valence-electron chi connectivity index (χ0n) is 11.2. The first-order chi connectivity index (χ1) is 9.65. The van der Waals surface area contributed by atoms with Gasteiger partial charge in [0, 0.05) is 11.6 Å². The topological polar surface area (TPSA) is 60.9 Å². The van der Waals surface area contributed by atoms with E-state index in [2.05, 4.69) is 5.10 Å². The van der Waals surface area contributed by atoms with Gasteiger partial charge >= 0.3 is 0 Å². The SMILES string of the molecule is CC(C(N)=O)c1ccc(-n2cc3ccccc3n2)cc1. The lowest BCUT2D eigenvalue weighted by molar-refractivity contribution is -0.119. The van der Waals surface area contributed by atoms with Crippen LogP contribution in [0.2, 0.25) is 0 Å². The predicted molar refractivity (Wildman–Crippen MR) is 78.7 cm³/mol. The molecule has 1 heterocycles. The number of carbonyl (C=O) groups is 1. The Bertz CT molecular complexity index is 726. The van der Waals surface area contributed by atoms with Crippen molar-refractivity contribution in [2.75, 3.05) is 0 Å². The standard InChI is InChI=1S/C16H15N3O/c1-11(16(17)20)12-6-8-14(9-7-12)19-10-13-4-2-3-5-15(13)18-19/h2-11H,1H3,(H2,17,20). The second-order valence-electron chi connectivity index (χ2n) is 4.85. The van der Waals surface area contributed by atoms with Crippen LogP contribution in [0, 0.1) is 0 Å². The van der Waals surface area contributed by atoms with Crippen LogP contribution in [-0.4, -0.2) is 15.7 Å². The zero-order chi connectivity index (χ0) is 14.1. The number of carbonyl (C=O) groups excluding carboxylic acids is 1. The highest BCUT2D eigenvalue weighted by atomic mass is 16.1. The van der Waals surface area contributed by atoms with Gasteiger partial charge in [-0.1, -0.05) is 30.3 Å². The number of aromatic nitrogens is 2. The molecule has 0 aliphatic carbocycles. The molecule has 0 aliphatic rings. The summed E-state index contributed by atoms with van der Waals surface area (Å²) < 4.78 is 1.84. The van der Waals surface area contributed by atoms with Crippen molar-refractivity contribution in [1.29, 1.82) is 0 Å². The average molecular weight is 265 g/mol. The van der Waals surface area contributed by atoms with E-state index in [1.165, 1.54) is 0 Å². The zero-order valence-corrected chi connectivity index (χ0v) is 11.2. The smallest absolute Gasteiger partial charge is 0.224 e. The molecule has 1 aromatic heterocycles. The number of nitrogens with two attached hydrogens (primary N) is 1. The first-order valence-electron chi connectivity index (χ1n) is 6.49. The summed E-state index contributed by atoms with van der Waals surface area (Å²) in [6, 6.07) is 15.7. The molecule has 2 aromatic carbocycles. The molecule has 20 heavy (non-hydrogen) atoms. The van der Waals surface area contributed by atoms with E-state index < -0.39 is 0 Å². The van der Waals surface area contributed by atoms with Crippen LogP contribution in [0.25, 0.3) is 16.6 Å². The lowest BCUT2D eigenvalue weighted by Gasteiger charge is -2.08. The van der Waals surface area contributed by atoms with Gasteiger partial charge in [-0.2, -0.15) is 5.10 Å². The lowest BCUT2D eigenvalue weighted by Crippen LogP contribution is -2.18. The van der Waals surface area contributed by atoms with Crippen LogP contribution in [0.4, 0.5) is 0 Å². The Morgan fingerprint density at radius 3 is 2.50 bits per heavy atom. The highest BCUT2D eigenvalue weighted by Crippen LogP contribution is 2.19. The molecule has 0 fully saturated rings. The summed E-state index contributed by atoms with van der Waals surface area (Å²) in [7, 11) is 0. The quantitative estimate of drug-likeness (QED) is 0.791. The number of primary amides is 1. The van der Waals surface area contributed by atoms with Crippen LogP contribution in [-0.2, 0) is 4.79 Å². The Morgan fingerprint density at radius 2 is 1.85 bits per heavy atom. The van der Waals surface area contributed by atoms with Gasteiger partial charge in [-0.25, -0.2) is 4.68 Å². The maximum absolute atomic E-state index is 11.2. The highest BCUT2D eigenvalue weighted by Gasteiger charge is 2.11.